The second-order valence-electron chi connectivity index (χ2n) is 2.34. The fourth-order valence-corrected chi connectivity index (χ4v) is 1.19. The summed E-state index contributed by atoms with van der Waals surface area (Å²) in [6.07, 6.45) is 0. The van der Waals surface area contributed by atoms with E-state index in [1.807, 2.05) is 0 Å². The highest BCUT2D eigenvalue weighted by atomic mass is 35.5. The molecule has 7 heteroatoms. The van der Waals surface area contributed by atoms with E-state index in [-0.39, 0.29) is 10.2 Å². The minimum atomic E-state index is -1.27. The number of nitrogens with zero attached hydrogens (tertiary/aromatic N) is 1. The predicted molar refractivity (Wildman–Crippen MR) is 53.6 cm³/mol. The topological polar surface area (TPSA) is 21.6 Å². The van der Waals surface area contributed by atoms with Crippen molar-refractivity contribution in [1.82, 2.24) is 0 Å². The van der Waals surface area contributed by atoms with Crippen molar-refractivity contribution in [3.63, 3.8) is 0 Å². The summed E-state index contributed by atoms with van der Waals surface area (Å²) in [6.45, 7) is 0. The number of hydrogen-bond donors (Lipinski definition) is 0. The van der Waals surface area contributed by atoms with E-state index >= 15 is 0 Å². The number of hydrogen-bond acceptors (Lipinski definition) is 2. The van der Waals surface area contributed by atoms with Crippen LogP contribution in [0.3, 0.4) is 0 Å². The minimum absolute atomic E-state index is 0.0564. The molecule has 2 nitrogen and oxygen atoms in total. The van der Waals surface area contributed by atoms with Gasteiger partial charge in [0, 0.05) is 30.4 Å². The van der Waals surface area contributed by atoms with E-state index in [9.17, 15) is 13.2 Å². The number of benzene rings is 1. The molecule has 0 saturated heterocycles. The summed E-state index contributed by atoms with van der Waals surface area (Å²) >= 11 is 6.03. The third-order valence-electron chi connectivity index (χ3n) is 1.37. The molecule has 1 rings (SSSR count). The van der Waals surface area contributed by atoms with Crippen molar-refractivity contribution in [1.29, 1.82) is 0 Å². The SMILES string of the molecule is COC(Cl)=S=Nc1cc(F)c(F)cc1F. The van der Waals surface area contributed by atoms with Crippen LogP contribution in [0.4, 0.5) is 18.9 Å². The maximum Gasteiger partial charge on any atom is 0.216 e. The van der Waals surface area contributed by atoms with Gasteiger partial charge in [-0.1, -0.05) is 0 Å². The van der Waals surface area contributed by atoms with Crippen molar-refractivity contribution in [3.05, 3.63) is 29.6 Å². The van der Waals surface area contributed by atoms with Gasteiger partial charge in [0.2, 0.25) is 4.51 Å². The lowest BCUT2D eigenvalue weighted by atomic mass is 10.3. The van der Waals surface area contributed by atoms with Crippen LogP contribution in [-0.4, -0.2) is 11.6 Å². The second kappa shape index (κ2) is 5.29. The monoisotopic (exact) mass is 255 g/mol. The van der Waals surface area contributed by atoms with Gasteiger partial charge in [0.25, 0.3) is 0 Å². The van der Waals surface area contributed by atoms with Crippen LogP contribution < -0.4 is 0 Å². The molecule has 15 heavy (non-hydrogen) atoms. The molecule has 82 valence electrons. The van der Waals surface area contributed by atoms with Crippen LogP contribution in [0, 0.1) is 17.5 Å². The van der Waals surface area contributed by atoms with Crippen molar-refractivity contribution < 1.29 is 17.9 Å². The van der Waals surface area contributed by atoms with Crippen LogP contribution in [0.15, 0.2) is 16.5 Å². The molecule has 0 heterocycles. The maximum atomic E-state index is 13.0. The highest BCUT2D eigenvalue weighted by molar-refractivity contribution is 7.71. The van der Waals surface area contributed by atoms with Crippen LogP contribution >= 0.6 is 11.6 Å². The smallest absolute Gasteiger partial charge is 0.216 e. The van der Waals surface area contributed by atoms with Gasteiger partial charge >= 0.3 is 0 Å². The van der Waals surface area contributed by atoms with Crippen molar-refractivity contribution >= 4 is 32.9 Å². The van der Waals surface area contributed by atoms with E-state index in [4.69, 9.17) is 11.6 Å². The van der Waals surface area contributed by atoms with Gasteiger partial charge in [-0.3, -0.25) is 0 Å². The molecule has 0 aliphatic rings. The summed E-state index contributed by atoms with van der Waals surface area (Å²) in [4.78, 5) is 0. The van der Waals surface area contributed by atoms with E-state index in [2.05, 4.69) is 9.10 Å². The van der Waals surface area contributed by atoms with Crippen molar-refractivity contribution in [2.75, 3.05) is 7.11 Å². The molecular weight excluding hydrogens is 251 g/mol. The molecule has 1 aromatic carbocycles. The maximum absolute atomic E-state index is 13.0. The van der Waals surface area contributed by atoms with E-state index in [0.29, 0.717) is 23.3 Å². The number of rotatable bonds is 1. The van der Waals surface area contributed by atoms with Crippen LogP contribution in [0.25, 0.3) is 0 Å². The second-order valence-corrected chi connectivity index (χ2v) is 3.65. The first-order valence-corrected chi connectivity index (χ1v) is 4.78. The normalized spacial score (nSPS) is 9.93. The van der Waals surface area contributed by atoms with Crippen molar-refractivity contribution in [3.8, 4) is 0 Å². The van der Waals surface area contributed by atoms with Crippen molar-refractivity contribution in [2.24, 2.45) is 4.36 Å². The van der Waals surface area contributed by atoms with Crippen molar-refractivity contribution in [2.45, 2.75) is 0 Å². The summed E-state index contributed by atoms with van der Waals surface area (Å²) in [7, 11) is 1.30. The summed E-state index contributed by atoms with van der Waals surface area (Å²) in [5.41, 5.74) is -0.339. The highest BCUT2D eigenvalue weighted by Gasteiger charge is 2.08. The average Bonchev–Trinajstić information content (AvgIpc) is 2.21. The standard InChI is InChI=1S/C8H5ClF3NOS/c1-14-8(9)15-13-7-3-5(11)4(10)2-6(7)12/h2-3H,1H3. The zero-order chi connectivity index (χ0) is 11.4. The van der Waals surface area contributed by atoms with Gasteiger partial charge in [-0.25, -0.2) is 13.2 Å². The Morgan fingerprint density at radius 2 is 1.87 bits per heavy atom. The number of ether oxygens (including phenoxy) is 1. The molecule has 0 bridgehead atoms. The molecule has 0 spiro atoms. The van der Waals surface area contributed by atoms with Gasteiger partial charge < -0.3 is 4.74 Å². The first-order valence-electron chi connectivity index (χ1n) is 3.63. The average molecular weight is 256 g/mol. The summed E-state index contributed by atoms with van der Waals surface area (Å²) in [5.74, 6) is -3.41. The Balaban J connectivity index is 3.17. The quantitative estimate of drug-likeness (QED) is 0.429. The Labute approximate surface area is 92.3 Å². The lowest BCUT2D eigenvalue weighted by Gasteiger charge is -1.96. The number of methoxy groups -OCH3 is 1. The lowest BCUT2D eigenvalue weighted by molar-refractivity contribution is 0.424. The van der Waals surface area contributed by atoms with Crippen LogP contribution in [0.1, 0.15) is 0 Å². The van der Waals surface area contributed by atoms with E-state index < -0.39 is 17.5 Å². The van der Waals surface area contributed by atoms with Crippen LogP contribution in [-0.2, 0) is 15.9 Å². The Kier molecular flexibility index (Phi) is 4.31. The summed E-state index contributed by atoms with van der Waals surface area (Å²) in [5, 5.41) is 0. The molecule has 0 fully saturated rings. The van der Waals surface area contributed by atoms with Gasteiger partial charge in [0.05, 0.1) is 0 Å². The first kappa shape index (κ1) is 12.2. The van der Waals surface area contributed by atoms with E-state index in [1.165, 1.54) is 7.11 Å². The van der Waals surface area contributed by atoms with Gasteiger partial charge in [0.15, 0.2) is 17.5 Å². The van der Waals surface area contributed by atoms with E-state index in [1.54, 1.807) is 0 Å². The predicted octanol–water partition coefficient (Wildman–Crippen LogP) is 2.97. The van der Waals surface area contributed by atoms with Gasteiger partial charge in [0.1, 0.15) is 5.69 Å². The zero-order valence-corrected chi connectivity index (χ0v) is 9.00. The molecule has 0 saturated carbocycles. The minimum Gasteiger partial charge on any atom is -0.329 e. The number of halogens is 4. The highest BCUT2D eigenvalue weighted by Crippen LogP contribution is 2.20. The summed E-state index contributed by atoms with van der Waals surface area (Å²) < 4.78 is 46.2. The fraction of sp³-hybridized carbons (Fsp3) is 0.125. The molecule has 0 aliphatic carbocycles. The third-order valence-corrected chi connectivity index (χ3v) is 2.33. The van der Waals surface area contributed by atoms with E-state index in [0.717, 1.165) is 0 Å². The lowest BCUT2D eigenvalue weighted by Crippen LogP contribution is -1.88. The Bertz CT molecular complexity index is 446. The molecular formula is C8H5ClF3NOS. The van der Waals surface area contributed by atoms with Crippen LogP contribution in [0.5, 0.6) is 0 Å². The van der Waals surface area contributed by atoms with Gasteiger partial charge in [-0.2, -0.15) is 4.36 Å². The molecule has 0 atom stereocenters. The summed E-state index contributed by atoms with van der Waals surface area (Å²) in [6, 6.07) is 1.05. The molecule has 0 amide bonds. The Morgan fingerprint density at radius 3 is 2.47 bits per heavy atom. The largest absolute Gasteiger partial charge is 0.329 e. The fourth-order valence-electron chi connectivity index (χ4n) is 0.704. The molecule has 1 aromatic rings. The first-order chi connectivity index (χ1) is 7.04. The molecule has 0 N–H and O–H groups in total. The zero-order valence-electron chi connectivity index (χ0n) is 7.43. The molecule has 0 aliphatic heterocycles. The van der Waals surface area contributed by atoms with Gasteiger partial charge in [-0.15, -0.1) is 0 Å². The molecule has 0 aromatic heterocycles. The van der Waals surface area contributed by atoms with Gasteiger partial charge in [-0.05, 0) is 11.6 Å². The molecule has 0 radical (unpaired) electrons. The third kappa shape index (κ3) is 3.33. The van der Waals surface area contributed by atoms with Crippen LogP contribution in [0.2, 0.25) is 0 Å². The Hall–Kier alpha value is -0.850. The Morgan fingerprint density at radius 1 is 1.27 bits per heavy atom. The molecule has 0 unspecified atom stereocenters.